The van der Waals surface area contributed by atoms with Crippen LogP contribution in [0.5, 0.6) is 0 Å². The molecule has 0 radical (unpaired) electrons. The summed E-state index contributed by atoms with van der Waals surface area (Å²) < 4.78 is 10.9. The Morgan fingerprint density at radius 1 is 1.21 bits per heavy atom. The van der Waals surface area contributed by atoms with Gasteiger partial charge >= 0.3 is 0 Å². The summed E-state index contributed by atoms with van der Waals surface area (Å²) in [6.45, 7) is 1.79. The first-order valence-corrected chi connectivity index (χ1v) is 7.98. The molecule has 24 heavy (non-hydrogen) atoms. The second-order valence-corrected chi connectivity index (χ2v) is 5.89. The van der Waals surface area contributed by atoms with E-state index in [9.17, 15) is 10.5 Å². The highest BCUT2D eigenvalue weighted by Crippen LogP contribution is 2.37. The van der Waals surface area contributed by atoms with E-state index in [1.54, 1.807) is 31.4 Å². The molecule has 0 aromatic carbocycles. The number of aromatic nitrogens is 1. The number of hydrogen-bond acceptors (Lipinski definition) is 7. The van der Waals surface area contributed by atoms with Gasteiger partial charge in [-0.15, -0.1) is 0 Å². The van der Waals surface area contributed by atoms with E-state index in [-0.39, 0.29) is 16.9 Å². The van der Waals surface area contributed by atoms with E-state index in [1.165, 1.54) is 11.8 Å². The standard InChI is InChI=1S/C17H12N4O2S/c1-10-4-5-14(23-10)15-12(7-18)16(20)21-17(13(15)8-19)24-9-11-3-2-6-22-11/h2-6H,9H2,1H3,(H2,20,21). The van der Waals surface area contributed by atoms with Gasteiger partial charge < -0.3 is 14.6 Å². The molecule has 3 heterocycles. The molecule has 2 N–H and O–H groups in total. The molecule has 0 fully saturated rings. The minimum absolute atomic E-state index is 0.0718. The van der Waals surface area contributed by atoms with E-state index in [2.05, 4.69) is 11.1 Å². The molecule has 0 spiro atoms. The van der Waals surface area contributed by atoms with Gasteiger partial charge in [0, 0.05) is 0 Å². The first kappa shape index (κ1) is 15.7. The molecular weight excluding hydrogens is 324 g/mol. The van der Waals surface area contributed by atoms with Crippen molar-refractivity contribution in [3.63, 3.8) is 0 Å². The van der Waals surface area contributed by atoms with Crippen molar-refractivity contribution in [2.75, 3.05) is 5.73 Å². The lowest BCUT2D eigenvalue weighted by Gasteiger charge is -2.10. The van der Waals surface area contributed by atoms with E-state index in [0.29, 0.717) is 27.9 Å². The number of anilines is 1. The van der Waals surface area contributed by atoms with Crippen LogP contribution >= 0.6 is 11.8 Å². The van der Waals surface area contributed by atoms with Gasteiger partial charge in [0.25, 0.3) is 0 Å². The molecule has 118 valence electrons. The molecule has 3 aromatic heterocycles. The van der Waals surface area contributed by atoms with Crippen molar-refractivity contribution in [2.24, 2.45) is 0 Å². The molecular formula is C17H12N4O2S. The van der Waals surface area contributed by atoms with Crippen molar-refractivity contribution >= 4 is 17.6 Å². The zero-order valence-corrected chi connectivity index (χ0v) is 13.6. The van der Waals surface area contributed by atoms with Crippen molar-refractivity contribution in [3.05, 3.63) is 53.2 Å². The Morgan fingerprint density at radius 2 is 2.00 bits per heavy atom. The summed E-state index contributed by atoms with van der Waals surface area (Å²) in [5.74, 6) is 2.43. The van der Waals surface area contributed by atoms with Crippen molar-refractivity contribution < 1.29 is 8.83 Å². The molecule has 0 aliphatic heterocycles. The second kappa shape index (κ2) is 6.53. The molecule has 0 atom stereocenters. The molecule has 6 nitrogen and oxygen atoms in total. The smallest absolute Gasteiger partial charge is 0.143 e. The maximum Gasteiger partial charge on any atom is 0.143 e. The Hall–Kier alpha value is -3.16. The number of rotatable bonds is 4. The lowest BCUT2D eigenvalue weighted by atomic mass is 10.0. The molecule has 0 saturated heterocycles. The lowest BCUT2D eigenvalue weighted by molar-refractivity contribution is 0.530. The fourth-order valence-corrected chi connectivity index (χ4v) is 3.15. The predicted molar refractivity (Wildman–Crippen MR) is 88.8 cm³/mol. The number of hydrogen-bond donors (Lipinski definition) is 1. The minimum Gasteiger partial charge on any atom is -0.468 e. The maximum absolute atomic E-state index is 9.62. The van der Waals surface area contributed by atoms with Gasteiger partial charge in [0.1, 0.15) is 45.8 Å². The van der Waals surface area contributed by atoms with Gasteiger partial charge in [0.15, 0.2) is 0 Å². The number of nitrogens with two attached hydrogens (primary N) is 1. The molecule has 0 aliphatic carbocycles. The Labute approximate surface area is 142 Å². The van der Waals surface area contributed by atoms with Crippen molar-refractivity contribution in [3.8, 4) is 23.5 Å². The van der Waals surface area contributed by atoms with Crippen LogP contribution in [0.3, 0.4) is 0 Å². The van der Waals surface area contributed by atoms with Gasteiger partial charge in [0.2, 0.25) is 0 Å². The molecule has 0 saturated carbocycles. The summed E-state index contributed by atoms with van der Waals surface area (Å²) in [6, 6.07) is 11.2. The normalized spacial score (nSPS) is 10.3. The van der Waals surface area contributed by atoms with E-state index < -0.39 is 0 Å². The first-order chi connectivity index (χ1) is 11.6. The van der Waals surface area contributed by atoms with E-state index in [0.717, 1.165) is 5.76 Å². The topological polar surface area (TPSA) is 113 Å². The monoisotopic (exact) mass is 336 g/mol. The van der Waals surface area contributed by atoms with Crippen LogP contribution in [0.1, 0.15) is 22.6 Å². The third-order valence-electron chi connectivity index (χ3n) is 3.33. The minimum atomic E-state index is 0.0718. The summed E-state index contributed by atoms with van der Waals surface area (Å²) in [5.41, 5.74) is 6.72. The van der Waals surface area contributed by atoms with Gasteiger partial charge in [-0.2, -0.15) is 10.5 Å². The Morgan fingerprint density at radius 3 is 2.58 bits per heavy atom. The Balaban J connectivity index is 2.12. The average molecular weight is 336 g/mol. The average Bonchev–Trinajstić information content (AvgIpc) is 3.23. The van der Waals surface area contributed by atoms with Gasteiger partial charge in [-0.25, -0.2) is 4.98 Å². The van der Waals surface area contributed by atoms with E-state index >= 15 is 0 Å². The number of aryl methyl sites for hydroxylation is 1. The fraction of sp³-hybridized carbons (Fsp3) is 0.118. The molecule has 3 rings (SSSR count). The van der Waals surface area contributed by atoms with Crippen LogP contribution in [0.2, 0.25) is 0 Å². The van der Waals surface area contributed by atoms with Crippen LogP contribution in [-0.2, 0) is 5.75 Å². The first-order valence-electron chi connectivity index (χ1n) is 6.99. The zero-order chi connectivity index (χ0) is 17.1. The summed E-state index contributed by atoms with van der Waals surface area (Å²) in [6.07, 6.45) is 1.58. The van der Waals surface area contributed by atoms with Crippen LogP contribution in [0.4, 0.5) is 5.82 Å². The predicted octanol–water partition coefficient (Wildman–Crippen LogP) is 3.86. The van der Waals surface area contributed by atoms with Gasteiger partial charge in [0.05, 0.1) is 23.1 Å². The molecule has 7 heteroatoms. The number of thioether (sulfide) groups is 1. The molecule has 0 amide bonds. The largest absolute Gasteiger partial charge is 0.468 e. The number of nitriles is 2. The molecule has 0 bridgehead atoms. The van der Waals surface area contributed by atoms with Gasteiger partial charge in [-0.3, -0.25) is 0 Å². The van der Waals surface area contributed by atoms with Crippen LogP contribution in [0, 0.1) is 29.6 Å². The third-order valence-corrected chi connectivity index (χ3v) is 4.33. The number of furan rings is 2. The fourth-order valence-electron chi connectivity index (χ4n) is 2.25. The highest BCUT2D eigenvalue weighted by Gasteiger charge is 2.22. The number of pyridine rings is 1. The van der Waals surface area contributed by atoms with E-state index in [1.807, 2.05) is 12.1 Å². The molecule has 3 aromatic rings. The van der Waals surface area contributed by atoms with Gasteiger partial charge in [-0.05, 0) is 31.2 Å². The van der Waals surface area contributed by atoms with Crippen molar-refractivity contribution in [1.29, 1.82) is 10.5 Å². The second-order valence-electron chi connectivity index (χ2n) is 4.93. The quantitative estimate of drug-likeness (QED) is 0.720. The number of nitrogens with zero attached hydrogens (tertiary/aromatic N) is 3. The van der Waals surface area contributed by atoms with Crippen LogP contribution < -0.4 is 5.73 Å². The highest BCUT2D eigenvalue weighted by atomic mass is 32.2. The highest BCUT2D eigenvalue weighted by molar-refractivity contribution is 7.98. The van der Waals surface area contributed by atoms with Crippen molar-refractivity contribution in [2.45, 2.75) is 17.7 Å². The zero-order valence-electron chi connectivity index (χ0n) is 12.7. The van der Waals surface area contributed by atoms with Gasteiger partial charge in [-0.1, -0.05) is 11.8 Å². The summed E-state index contributed by atoms with van der Waals surface area (Å²) in [4.78, 5) is 4.22. The third kappa shape index (κ3) is 2.85. The Bertz CT molecular complexity index is 962. The van der Waals surface area contributed by atoms with Crippen LogP contribution in [0.25, 0.3) is 11.3 Å². The lowest BCUT2D eigenvalue weighted by Crippen LogP contribution is -2.03. The SMILES string of the molecule is Cc1ccc(-c2c(C#N)c(N)nc(SCc3ccco3)c2C#N)o1. The molecule has 0 unspecified atom stereocenters. The molecule has 0 aliphatic rings. The number of nitrogen functional groups attached to an aromatic ring is 1. The van der Waals surface area contributed by atoms with Crippen LogP contribution in [0.15, 0.2) is 44.4 Å². The summed E-state index contributed by atoms with van der Waals surface area (Å²) in [5, 5.41) is 19.5. The van der Waals surface area contributed by atoms with Crippen molar-refractivity contribution in [1.82, 2.24) is 4.98 Å². The summed E-state index contributed by atoms with van der Waals surface area (Å²) >= 11 is 1.32. The summed E-state index contributed by atoms with van der Waals surface area (Å²) in [7, 11) is 0. The maximum atomic E-state index is 9.62. The Kier molecular flexibility index (Phi) is 4.28. The van der Waals surface area contributed by atoms with Crippen LogP contribution in [-0.4, -0.2) is 4.98 Å². The van der Waals surface area contributed by atoms with E-state index in [4.69, 9.17) is 14.6 Å².